The lowest BCUT2D eigenvalue weighted by molar-refractivity contribution is -0.0695. The van der Waals surface area contributed by atoms with Crippen LogP contribution in [0.1, 0.15) is 126 Å². The lowest BCUT2D eigenvalue weighted by Gasteiger charge is -2.56. The zero-order valence-corrected chi connectivity index (χ0v) is 22.5. The van der Waals surface area contributed by atoms with Gasteiger partial charge in [0, 0.05) is 0 Å². The Balaban J connectivity index is 0.00000129. The highest BCUT2D eigenvalue weighted by molar-refractivity contribution is 5.06. The Labute approximate surface area is 192 Å². The van der Waals surface area contributed by atoms with E-state index in [1.54, 1.807) is 0 Å². The molecule has 7 atom stereocenters. The monoisotopic (exact) mass is 421 g/mol. The van der Waals surface area contributed by atoms with Gasteiger partial charge in [-0.1, -0.05) is 87.1 Å². The Morgan fingerprint density at radius 3 is 1.97 bits per heavy atom. The van der Waals surface area contributed by atoms with Crippen LogP contribution in [0.2, 0.25) is 0 Å². The van der Waals surface area contributed by atoms with Crippen LogP contribution in [0, 0.1) is 40.4 Å². The van der Waals surface area contributed by atoms with E-state index in [9.17, 15) is 0 Å². The molecule has 2 N–H and O–H groups in total. The second-order valence-electron chi connectivity index (χ2n) is 10.2. The number of allylic oxidation sites excluding steroid dienone is 1. The van der Waals surface area contributed by atoms with Gasteiger partial charge in [0.1, 0.15) is 0 Å². The first kappa shape index (κ1) is 29.7. The van der Waals surface area contributed by atoms with Crippen molar-refractivity contribution in [2.24, 2.45) is 46.2 Å². The van der Waals surface area contributed by atoms with Crippen LogP contribution in [0.25, 0.3) is 0 Å². The van der Waals surface area contributed by atoms with Crippen molar-refractivity contribution >= 4 is 0 Å². The van der Waals surface area contributed by atoms with Crippen molar-refractivity contribution in [2.75, 3.05) is 7.05 Å². The predicted octanol–water partition coefficient (Wildman–Crippen LogP) is 9.27. The Kier molecular flexibility index (Phi) is 14.6. The molecule has 3 rings (SSSR count). The molecule has 1 nitrogen and oxygen atoms in total. The van der Waals surface area contributed by atoms with E-state index in [2.05, 4.69) is 46.1 Å². The van der Waals surface area contributed by atoms with Gasteiger partial charge in [0.15, 0.2) is 0 Å². The maximum atomic E-state index is 4.50. The number of nitrogens with two attached hydrogens (primary N) is 1. The minimum Gasteiger partial charge on any atom is -0.333 e. The normalized spacial score (nSPS) is 39.7. The standard InChI is InChI=1S/C24H42.2C2H6.CH5N/c1-6-10-19-12-8-9-16-23(19,4)22-15-17-24(5)20(11-7-2)13-14-21(24)18(22)3;3*1-2/h6,18-22H,1,7-17H2,2-5H3;2*1-2H3;2H2,1H3. The summed E-state index contributed by atoms with van der Waals surface area (Å²) in [4.78, 5) is 0. The minimum absolute atomic E-state index is 0.579. The molecular weight excluding hydrogens is 362 g/mol. The number of fused-ring (bicyclic) bond motifs is 1. The highest BCUT2D eigenvalue weighted by atomic mass is 14.6. The molecule has 1 heteroatoms. The molecule has 3 saturated carbocycles. The minimum atomic E-state index is 0.579. The van der Waals surface area contributed by atoms with E-state index in [0.29, 0.717) is 10.8 Å². The highest BCUT2D eigenvalue weighted by Gasteiger charge is 2.56. The summed E-state index contributed by atoms with van der Waals surface area (Å²) in [5, 5.41) is 0. The highest BCUT2D eigenvalue weighted by Crippen LogP contribution is 2.64. The van der Waals surface area contributed by atoms with Crippen LogP contribution in [-0.2, 0) is 0 Å². The molecule has 3 fully saturated rings. The molecule has 0 radical (unpaired) electrons. The van der Waals surface area contributed by atoms with Crippen LogP contribution in [0.3, 0.4) is 0 Å². The fourth-order valence-corrected chi connectivity index (χ4v) is 7.87. The third-order valence-electron chi connectivity index (χ3n) is 9.26. The zero-order chi connectivity index (χ0) is 23.4. The third kappa shape index (κ3) is 6.14. The van der Waals surface area contributed by atoms with Crippen molar-refractivity contribution in [3.8, 4) is 0 Å². The number of hydrogen-bond acceptors (Lipinski definition) is 1. The summed E-state index contributed by atoms with van der Waals surface area (Å²) in [5.74, 6) is 4.80. The Morgan fingerprint density at radius 2 is 1.40 bits per heavy atom. The second-order valence-corrected chi connectivity index (χ2v) is 10.2. The molecule has 3 aliphatic carbocycles. The van der Waals surface area contributed by atoms with Crippen LogP contribution in [0.5, 0.6) is 0 Å². The maximum Gasteiger partial charge on any atom is -0.0195 e. The van der Waals surface area contributed by atoms with E-state index in [4.69, 9.17) is 0 Å². The summed E-state index contributed by atoms with van der Waals surface area (Å²) >= 11 is 0. The maximum absolute atomic E-state index is 4.50. The molecule has 0 saturated heterocycles. The van der Waals surface area contributed by atoms with Crippen LogP contribution in [0.15, 0.2) is 12.7 Å². The third-order valence-corrected chi connectivity index (χ3v) is 9.26. The van der Waals surface area contributed by atoms with Gasteiger partial charge < -0.3 is 5.73 Å². The van der Waals surface area contributed by atoms with Gasteiger partial charge in [0.25, 0.3) is 0 Å². The van der Waals surface area contributed by atoms with E-state index < -0.39 is 0 Å². The van der Waals surface area contributed by atoms with Gasteiger partial charge in [-0.2, -0.15) is 0 Å². The summed E-state index contributed by atoms with van der Waals surface area (Å²) in [5.41, 5.74) is 5.74. The summed E-state index contributed by atoms with van der Waals surface area (Å²) in [6, 6.07) is 0. The second kappa shape index (κ2) is 14.7. The molecule has 0 spiro atoms. The van der Waals surface area contributed by atoms with E-state index >= 15 is 0 Å². The van der Waals surface area contributed by atoms with E-state index in [-0.39, 0.29) is 0 Å². The Bertz CT molecular complexity index is 444. The molecule has 3 aliphatic rings. The predicted molar refractivity (Wildman–Crippen MR) is 139 cm³/mol. The molecular formula is C29H59N. The average Bonchev–Trinajstić information content (AvgIpc) is 3.12. The van der Waals surface area contributed by atoms with Crippen LogP contribution in [0.4, 0.5) is 0 Å². The molecule has 0 heterocycles. The van der Waals surface area contributed by atoms with Gasteiger partial charge in [-0.25, -0.2) is 0 Å². The summed E-state index contributed by atoms with van der Waals surface area (Å²) in [6.07, 6.45) is 18.2. The molecule has 0 aromatic rings. The SMILES string of the molecule is C=CCC1CCCCC1(C)C1CCC2(C)C(CCC)CCC2C1C.CC.CC.CN. The van der Waals surface area contributed by atoms with Gasteiger partial charge in [-0.3, -0.25) is 0 Å². The first-order chi connectivity index (χ1) is 14.5. The Hall–Kier alpha value is -0.300. The first-order valence-electron chi connectivity index (χ1n) is 13.7. The van der Waals surface area contributed by atoms with Crippen molar-refractivity contribution < 1.29 is 0 Å². The molecule has 0 amide bonds. The van der Waals surface area contributed by atoms with Gasteiger partial charge >= 0.3 is 0 Å². The molecule has 180 valence electrons. The van der Waals surface area contributed by atoms with Crippen LogP contribution < -0.4 is 5.73 Å². The van der Waals surface area contributed by atoms with Gasteiger partial charge in [0.2, 0.25) is 0 Å². The summed E-state index contributed by atoms with van der Waals surface area (Å²) < 4.78 is 0. The molecule has 7 unspecified atom stereocenters. The summed E-state index contributed by atoms with van der Waals surface area (Å²) in [6.45, 7) is 22.4. The van der Waals surface area contributed by atoms with Gasteiger partial charge in [0.05, 0.1) is 0 Å². The molecule has 0 aromatic carbocycles. The molecule has 0 bridgehead atoms. The molecule has 0 aromatic heterocycles. The first-order valence-corrected chi connectivity index (χ1v) is 13.7. The van der Waals surface area contributed by atoms with Crippen molar-refractivity contribution in [2.45, 2.75) is 126 Å². The largest absolute Gasteiger partial charge is 0.333 e. The van der Waals surface area contributed by atoms with E-state index in [1.807, 2.05) is 27.7 Å². The van der Waals surface area contributed by atoms with Gasteiger partial charge in [-0.15, -0.1) is 6.58 Å². The van der Waals surface area contributed by atoms with Crippen molar-refractivity contribution in [1.29, 1.82) is 0 Å². The fourth-order valence-electron chi connectivity index (χ4n) is 7.87. The zero-order valence-electron chi connectivity index (χ0n) is 22.5. The molecule has 0 aliphatic heterocycles. The topological polar surface area (TPSA) is 26.0 Å². The van der Waals surface area contributed by atoms with E-state index in [1.165, 1.54) is 77.7 Å². The van der Waals surface area contributed by atoms with Crippen molar-refractivity contribution in [1.82, 2.24) is 0 Å². The van der Waals surface area contributed by atoms with Crippen LogP contribution >= 0.6 is 0 Å². The Morgan fingerprint density at radius 1 is 0.833 bits per heavy atom. The van der Waals surface area contributed by atoms with E-state index in [0.717, 1.165) is 29.6 Å². The smallest absolute Gasteiger partial charge is 0.0195 e. The lowest BCUT2D eigenvalue weighted by atomic mass is 9.49. The molecule has 30 heavy (non-hydrogen) atoms. The number of hydrogen-bond donors (Lipinski definition) is 1. The average molecular weight is 422 g/mol. The van der Waals surface area contributed by atoms with Crippen molar-refractivity contribution in [3.63, 3.8) is 0 Å². The quantitative estimate of drug-likeness (QED) is 0.440. The fraction of sp³-hybridized carbons (Fsp3) is 0.931. The summed E-state index contributed by atoms with van der Waals surface area (Å²) in [7, 11) is 1.50. The lowest BCUT2D eigenvalue weighted by Crippen LogP contribution is -2.48. The number of rotatable bonds is 5. The van der Waals surface area contributed by atoms with Crippen molar-refractivity contribution in [3.05, 3.63) is 12.7 Å². The van der Waals surface area contributed by atoms with Crippen LogP contribution in [-0.4, -0.2) is 7.05 Å². The van der Waals surface area contributed by atoms with Gasteiger partial charge in [-0.05, 0) is 92.4 Å².